The summed E-state index contributed by atoms with van der Waals surface area (Å²) in [5.41, 5.74) is 3.03. The van der Waals surface area contributed by atoms with Gasteiger partial charge in [-0.3, -0.25) is 14.0 Å². The van der Waals surface area contributed by atoms with Crippen LogP contribution in [-0.2, 0) is 14.8 Å². The summed E-state index contributed by atoms with van der Waals surface area (Å²) >= 11 is 18.9. The van der Waals surface area contributed by atoms with E-state index >= 15 is 0 Å². The van der Waals surface area contributed by atoms with Gasteiger partial charge in [-0.15, -0.1) is 0 Å². The number of benzene rings is 2. The smallest absolute Gasteiger partial charge is 0.236 e. The Morgan fingerprint density at radius 3 is 2.22 bits per heavy atom. The lowest BCUT2D eigenvalue weighted by Gasteiger charge is -2.41. The second-order valence-corrected chi connectivity index (χ2v) is 12.2. The second-order valence-electron chi connectivity index (χ2n) is 8.90. The van der Waals surface area contributed by atoms with E-state index in [1.54, 1.807) is 53.9 Å². The van der Waals surface area contributed by atoms with Crippen molar-refractivity contribution in [3.05, 3.63) is 63.2 Å². The molecular weight excluding hydrogens is 545 g/mol. The van der Waals surface area contributed by atoms with E-state index in [0.29, 0.717) is 64.0 Å². The van der Waals surface area contributed by atoms with E-state index in [1.807, 2.05) is 12.1 Å². The first-order valence-corrected chi connectivity index (χ1v) is 14.1. The Balaban J connectivity index is 1.71. The fourth-order valence-corrected chi connectivity index (χ4v) is 6.88. The molecule has 0 radical (unpaired) electrons. The largest absolute Gasteiger partial charge is 0.340 e. The Hall–Kier alpha value is -2.30. The van der Waals surface area contributed by atoms with Gasteiger partial charge in [-0.2, -0.15) is 5.10 Å². The van der Waals surface area contributed by atoms with Gasteiger partial charge in [0, 0.05) is 55.8 Å². The first-order chi connectivity index (χ1) is 17.1. The molecule has 190 valence electrons. The molecule has 0 spiro atoms. The van der Waals surface area contributed by atoms with Crippen LogP contribution in [0.1, 0.15) is 18.7 Å². The molecule has 1 unspecified atom stereocenters. The molecule has 2 aliphatic rings. The maximum atomic E-state index is 13.4. The van der Waals surface area contributed by atoms with Gasteiger partial charge in [0.15, 0.2) is 0 Å². The Morgan fingerprint density at radius 2 is 1.61 bits per heavy atom. The highest BCUT2D eigenvalue weighted by molar-refractivity contribution is 7.92. The zero-order valence-electron chi connectivity index (χ0n) is 19.7. The SMILES string of the molecule is CC(=O)N1CCN(C2CS(=O)(=O)N(C)c3c2nn(-c2ccc(Cl)cc2Cl)c3-c2ccc(Cl)cc2)CC1. The molecule has 0 saturated carbocycles. The standard InChI is InChI=1S/C24H24Cl3N5O3S/c1-15(33)30-9-11-31(12-10-30)21-14-36(34,35)29(2)24-22(21)28-32(20-8-7-18(26)13-19(20)27)23(24)16-3-5-17(25)6-4-16/h3-8,13,21H,9-12,14H2,1-2H3. The van der Waals surface area contributed by atoms with Crippen LogP contribution >= 0.6 is 34.8 Å². The Labute approximate surface area is 225 Å². The van der Waals surface area contributed by atoms with Crippen LogP contribution in [0.15, 0.2) is 42.5 Å². The second kappa shape index (κ2) is 9.54. The number of anilines is 1. The first-order valence-electron chi connectivity index (χ1n) is 11.4. The highest BCUT2D eigenvalue weighted by atomic mass is 35.5. The van der Waals surface area contributed by atoms with Crippen LogP contribution in [0, 0.1) is 0 Å². The number of nitrogens with zero attached hydrogens (tertiary/aromatic N) is 5. The van der Waals surface area contributed by atoms with Crippen molar-refractivity contribution in [1.82, 2.24) is 19.6 Å². The summed E-state index contributed by atoms with van der Waals surface area (Å²) in [6.07, 6.45) is 0. The van der Waals surface area contributed by atoms with E-state index < -0.39 is 16.1 Å². The first kappa shape index (κ1) is 25.4. The zero-order valence-corrected chi connectivity index (χ0v) is 22.7. The maximum Gasteiger partial charge on any atom is 0.236 e. The molecule has 1 saturated heterocycles. The van der Waals surface area contributed by atoms with Crippen molar-refractivity contribution in [2.24, 2.45) is 0 Å². The molecule has 1 fully saturated rings. The number of rotatable bonds is 3. The van der Waals surface area contributed by atoms with Crippen molar-refractivity contribution in [2.45, 2.75) is 13.0 Å². The van der Waals surface area contributed by atoms with Crippen molar-refractivity contribution in [2.75, 3.05) is 43.3 Å². The van der Waals surface area contributed by atoms with Crippen LogP contribution in [0.4, 0.5) is 5.69 Å². The number of amides is 1. The third kappa shape index (κ3) is 4.48. The molecule has 1 amide bonds. The number of sulfonamides is 1. The third-order valence-corrected chi connectivity index (χ3v) is 9.30. The van der Waals surface area contributed by atoms with Crippen LogP contribution in [-0.4, -0.2) is 72.9 Å². The van der Waals surface area contributed by atoms with Gasteiger partial charge in [-0.1, -0.05) is 46.9 Å². The fourth-order valence-electron chi connectivity index (χ4n) is 4.81. The normalized spacial score (nSPS) is 19.9. The van der Waals surface area contributed by atoms with E-state index in [0.717, 1.165) is 5.56 Å². The molecule has 8 nitrogen and oxygen atoms in total. The highest BCUT2D eigenvalue weighted by Gasteiger charge is 2.43. The Morgan fingerprint density at radius 1 is 0.972 bits per heavy atom. The average Bonchev–Trinajstić information content (AvgIpc) is 3.22. The van der Waals surface area contributed by atoms with Gasteiger partial charge >= 0.3 is 0 Å². The van der Waals surface area contributed by atoms with E-state index in [2.05, 4.69) is 4.90 Å². The van der Waals surface area contributed by atoms with Crippen LogP contribution in [0.3, 0.4) is 0 Å². The van der Waals surface area contributed by atoms with E-state index in [9.17, 15) is 13.2 Å². The molecule has 1 atom stereocenters. The summed E-state index contributed by atoms with van der Waals surface area (Å²) in [7, 11) is -2.10. The molecule has 0 bridgehead atoms. The number of piperazine rings is 1. The number of fused-ring (bicyclic) bond motifs is 1. The van der Waals surface area contributed by atoms with Crippen molar-refractivity contribution in [3.63, 3.8) is 0 Å². The van der Waals surface area contributed by atoms with Crippen molar-refractivity contribution in [3.8, 4) is 16.9 Å². The zero-order chi connectivity index (χ0) is 25.8. The summed E-state index contributed by atoms with van der Waals surface area (Å²) in [4.78, 5) is 15.7. The molecular formula is C24H24Cl3N5O3S. The lowest BCUT2D eigenvalue weighted by Crippen LogP contribution is -2.52. The minimum atomic E-state index is -3.65. The predicted octanol–water partition coefficient (Wildman–Crippen LogP) is 4.48. The molecule has 3 heterocycles. The summed E-state index contributed by atoms with van der Waals surface area (Å²) in [6.45, 7) is 3.71. The number of aromatic nitrogens is 2. The van der Waals surface area contributed by atoms with Crippen molar-refractivity contribution < 1.29 is 13.2 Å². The van der Waals surface area contributed by atoms with E-state index in [-0.39, 0.29) is 11.7 Å². The van der Waals surface area contributed by atoms with Crippen molar-refractivity contribution in [1.29, 1.82) is 0 Å². The van der Waals surface area contributed by atoms with Gasteiger partial charge in [0.25, 0.3) is 0 Å². The lowest BCUT2D eigenvalue weighted by atomic mass is 10.1. The third-order valence-electron chi connectivity index (χ3n) is 6.76. The van der Waals surface area contributed by atoms with Gasteiger partial charge in [-0.05, 0) is 30.3 Å². The summed E-state index contributed by atoms with van der Waals surface area (Å²) in [5, 5.41) is 6.39. The van der Waals surface area contributed by atoms with Crippen LogP contribution in [0.5, 0.6) is 0 Å². The van der Waals surface area contributed by atoms with Crippen LogP contribution in [0.25, 0.3) is 16.9 Å². The van der Waals surface area contributed by atoms with E-state index in [1.165, 1.54) is 4.31 Å². The Kier molecular flexibility index (Phi) is 6.72. The molecule has 1 aromatic heterocycles. The molecule has 5 rings (SSSR count). The monoisotopic (exact) mass is 567 g/mol. The number of hydrogen-bond acceptors (Lipinski definition) is 5. The Bertz CT molecular complexity index is 1430. The predicted molar refractivity (Wildman–Crippen MR) is 143 cm³/mol. The van der Waals surface area contributed by atoms with Gasteiger partial charge in [-0.25, -0.2) is 13.1 Å². The highest BCUT2D eigenvalue weighted by Crippen LogP contribution is 2.45. The van der Waals surface area contributed by atoms with Crippen LogP contribution in [0.2, 0.25) is 15.1 Å². The minimum absolute atomic E-state index is 0.0121. The molecule has 36 heavy (non-hydrogen) atoms. The molecule has 2 aliphatic heterocycles. The summed E-state index contributed by atoms with van der Waals surface area (Å²) in [6, 6.07) is 11.8. The fraction of sp³-hybridized carbons (Fsp3) is 0.333. The quantitative estimate of drug-likeness (QED) is 0.465. The number of carbonyl (C=O) groups excluding carboxylic acids is 1. The summed E-state index contributed by atoms with van der Waals surface area (Å²) < 4.78 is 29.8. The number of carbonyl (C=O) groups is 1. The van der Waals surface area contributed by atoms with Gasteiger partial charge < -0.3 is 4.90 Å². The number of hydrogen-bond donors (Lipinski definition) is 0. The van der Waals surface area contributed by atoms with Gasteiger partial charge in [0.1, 0.15) is 11.4 Å². The lowest BCUT2D eigenvalue weighted by molar-refractivity contribution is -0.130. The number of halogens is 3. The van der Waals surface area contributed by atoms with E-state index in [4.69, 9.17) is 39.9 Å². The summed E-state index contributed by atoms with van der Waals surface area (Å²) in [5.74, 6) is -0.0971. The van der Waals surface area contributed by atoms with Gasteiger partial charge in [0.2, 0.25) is 15.9 Å². The van der Waals surface area contributed by atoms with Crippen molar-refractivity contribution >= 4 is 56.4 Å². The molecule has 0 N–H and O–H groups in total. The van der Waals surface area contributed by atoms with Gasteiger partial charge in [0.05, 0.1) is 28.2 Å². The molecule has 3 aromatic rings. The topological polar surface area (TPSA) is 78.8 Å². The average molecular weight is 569 g/mol. The van der Waals surface area contributed by atoms with Crippen LogP contribution < -0.4 is 4.31 Å². The maximum absolute atomic E-state index is 13.4. The molecule has 0 aliphatic carbocycles. The molecule has 12 heteroatoms. The minimum Gasteiger partial charge on any atom is -0.340 e. The molecule has 2 aromatic carbocycles.